The van der Waals surface area contributed by atoms with E-state index in [9.17, 15) is 9.59 Å². The van der Waals surface area contributed by atoms with Crippen molar-refractivity contribution in [1.29, 1.82) is 0 Å². The fourth-order valence-corrected chi connectivity index (χ4v) is 3.74. The maximum absolute atomic E-state index is 13.2. The monoisotopic (exact) mass is 492 g/mol. The van der Waals surface area contributed by atoms with E-state index in [-0.39, 0.29) is 10.7 Å². The number of nitrogens with zero attached hydrogens (tertiary/aromatic N) is 4. The lowest BCUT2D eigenvalue weighted by Gasteiger charge is -2.25. The quantitative estimate of drug-likeness (QED) is 0.426. The van der Waals surface area contributed by atoms with Crippen LogP contribution in [-0.4, -0.2) is 38.2 Å². The van der Waals surface area contributed by atoms with Gasteiger partial charge in [-0.25, -0.2) is 9.48 Å². The minimum absolute atomic E-state index is 0.220. The van der Waals surface area contributed by atoms with Crippen molar-refractivity contribution >= 4 is 29.2 Å². The Bertz CT molecular complexity index is 1210. The lowest BCUT2D eigenvalue weighted by molar-refractivity contribution is -0.159. The van der Waals surface area contributed by atoms with Gasteiger partial charge in [-0.05, 0) is 45.4 Å². The van der Waals surface area contributed by atoms with Crippen LogP contribution in [0.1, 0.15) is 46.6 Å². The Morgan fingerprint density at radius 1 is 1.15 bits per heavy atom. The van der Waals surface area contributed by atoms with Crippen LogP contribution in [0.5, 0.6) is 5.75 Å². The van der Waals surface area contributed by atoms with E-state index in [0.717, 1.165) is 0 Å². The average Bonchev–Trinajstić information content (AvgIpc) is 3.16. The molecule has 0 amide bonds. The Kier molecular flexibility index (Phi) is 7.49. The third kappa shape index (κ3) is 5.75. The number of carbonyl (C=O) groups excluding carboxylic acids is 1. The summed E-state index contributed by atoms with van der Waals surface area (Å²) in [6.45, 7) is 7.31. The maximum Gasteiger partial charge on any atom is 0.329 e. The lowest BCUT2D eigenvalue weighted by atomic mass is 10.0. The van der Waals surface area contributed by atoms with E-state index in [2.05, 4.69) is 10.3 Å². The molecule has 1 aromatic carbocycles. The summed E-state index contributed by atoms with van der Waals surface area (Å²) in [6, 6.07) is 5.78. The molecule has 0 aliphatic rings. The molecule has 2 heterocycles. The standard InChI is InChI=1S/C23H26Cl2N4O4/c1-6-7-18(22(31)33-23(2,3)4)28-12-19(32-5)16(11-21(28)30)15-10-14(24)8-9-17(15)29-13-20(25)26-27-29/h8-13,18H,6-7H2,1-5H3. The van der Waals surface area contributed by atoms with Crippen LogP contribution in [0.25, 0.3) is 16.8 Å². The molecule has 2 aromatic heterocycles. The van der Waals surface area contributed by atoms with Crippen LogP contribution < -0.4 is 10.3 Å². The molecule has 176 valence electrons. The molecule has 3 aromatic rings. The van der Waals surface area contributed by atoms with Gasteiger partial charge in [-0.2, -0.15) is 0 Å². The summed E-state index contributed by atoms with van der Waals surface area (Å²) in [4.78, 5) is 26.1. The Hall–Kier alpha value is -2.84. The van der Waals surface area contributed by atoms with Crippen molar-refractivity contribution in [2.45, 2.75) is 52.2 Å². The predicted molar refractivity (Wildman–Crippen MR) is 127 cm³/mol. The van der Waals surface area contributed by atoms with Gasteiger partial charge in [-0.15, -0.1) is 5.10 Å². The Balaban J connectivity index is 2.16. The highest BCUT2D eigenvalue weighted by atomic mass is 35.5. The smallest absolute Gasteiger partial charge is 0.329 e. The van der Waals surface area contributed by atoms with E-state index in [1.165, 1.54) is 28.6 Å². The largest absolute Gasteiger partial charge is 0.495 e. The Morgan fingerprint density at radius 2 is 1.88 bits per heavy atom. The number of ether oxygens (including phenoxy) is 2. The van der Waals surface area contributed by atoms with Crippen LogP contribution >= 0.6 is 23.2 Å². The van der Waals surface area contributed by atoms with Gasteiger partial charge in [0.05, 0.1) is 25.2 Å². The molecule has 1 atom stereocenters. The third-order valence-corrected chi connectivity index (χ3v) is 5.21. The number of hydrogen-bond donors (Lipinski definition) is 0. The van der Waals surface area contributed by atoms with Crippen molar-refractivity contribution in [1.82, 2.24) is 19.6 Å². The summed E-state index contributed by atoms with van der Waals surface area (Å²) in [7, 11) is 1.49. The van der Waals surface area contributed by atoms with Crippen molar-refractivity contribution in [3.05, 3.63) is 57.2 Å². The molecule has 0 saturated carbocycles. The molecule has 0 spiro atoms. The molecule has 8 nitrogen and oxygen atoms in total. The summed E-state index contributed by atoms with van der Waals surface area (Å²) < 4.78 is 14.0. The van der Waals surface area contributed by atoms with Crippen LogP contribution in [0.4, 0.5) is 0 Å². The van der Waals surface area contributed by atoms with Gasteiger partial charge in [-0.1, -0.05) is 41.8 Å². The first kappa shape index (κ1) is 24.8. The summed E-state index contributed by atoms with van der Waals surface area (Å²) in [5, 5.41) is 8.51. The highest BCUT2D eigenvalue weighted by Crippen LogP contribution is 2.35. The number of halogens is 2. The number of benzene rings is 1. The molecule has 0 N–H and O–H groups in total. The third-order valence-electron chi connectivity index (χ3n) is 4.80. The number of rotatable bonds is 7. The van der Waals surface area contributed by atoms with Crippen molar-refractivity contribution in [2.75, 3.05) is 7.11 Å². The van der Waals surface area contributed by atoms with Gasteiger partial charge in [0.25, 0.3) is 5.56 Å². The topological polar surface area (TPSA) is 88.2 Å². The molecular formula is C23H26Cl2N4O4. The summed E-state index contributed by atoms with van der Waals surface area (Å²) in [6.07, 6.45) is 4.20. The van der Waals surface area contributed by atoms with E-state index in [1.54, 1.807) is 45.2 Å². The highest BCUT2D eigenvalue weighted by Gasteiger charge is 2.28. The molecule has 0 bridgehead atoms. The molecule has 3 rings (SSSR count). The van der Waals surface area contributed by atoms with Crippen LogP contribution in [0.15, 0.2) is 41.5 Å². The van der Waals surface area contributed by atoms with Crippen molar-refractivity contribution in [3.63, 3.8) is 0 Å². The van der Waals surface area contributed by atoms with Gasteiger partial charge in [0.2, 0.25) is 0 Å². The normalized spacial score (nSPS) is 12.5. The molecule has 0 aliphatic carbocycles. The summed E-state index contributed by atoms with van der Waals surface area (Å²) >= 11 is 12.2. The van der Waals surface area contributed by atoms with Gasteiger partial charge < -0.3 is 9.47 Å². The van der Waals surface area contributed by atoms with Crippen molar-refractivity contribution in [3.8, 4) is 22.6 Å². The van der Waals surface area contributed by atoms with Crippen LogP contribution in [0, 0.1) is 0 Å². The molecule has 1 unspecified atom stereocenters. The van der Waals surface area contributed by atoms with Gasteiger partial charge in [0.1, 0.15) is 17.4 Å². The van der Waals surface area contributed by atoms with Gasteiger partial charge in [0, 0.05) is 22.2 Å². The van der Waals surface area contributed by atoms with Crippen molar-refractivity contribution < 1.29 is 14.3 Å². The summed E-state index contributed by atoms with van der Waals surface area (Å²) in [5.41, 5.74) is 0.631. The number of methoxy groups -OCH3 is 1. The summed E-state index contributed by atoms with van der Waals surface area (Å²) in [5.74, 6) is -0.0871. The highest BCUT2D eigenvalue weighted by molar-refractivity contribution is 6.31. The number of carbonyl (C=O) groups is 1. The first-order valence-electron chi connectivity index (χ1n) is 10.4. The van der Waals surface area contributed by atoms with E-state index in [0.29, 0.717) is 40.4 Å². The second-order valence-corrected chi connectivity index (χ2v) is 9.31. The molecule has 0 saturated heterocycles. The molecule has 0 aliphatic heterocycles. The van der Waals surface area contributed by atoms with E-state index in [1.807, 2.05) is 6.92 Å². The molecule has 0 radical (unpaired) electrons. The Morgan fingerprint density at radius 3 is 2.45 bits per heavy atom. The van der Waals surface area contributed by atoms with E-state index >= 15 is 0 Å². The fraction of sp³-hybridized carbons (Fsp3) is 0.391. The minimum Gasteiger partial charge on any atom is -0.495 e. The zero-order valence-electron chi connectivity index (χ0n) is 19.1. The molecule has 10 heteroatoms. The van der Waals surface area contributed by atoms with Crippen LogP contribution in [0.3, 0.4) is 0 Å². The van der Waals surface area contributed by atoms with Gasteiger partial charge in [0.15, 0.2) is 5.15 Å². The van der Waals surface area contributed by atoms with Crippen molar-refractivity contribution in [2.24, 2.45) is 0 Å². The first-order valence-corrected chi connectivity index (χ1v) is 11.2. The lowest BCUT2D eigenvalue weighted by Crippen LogP contribution is -2.34. The minimum atomic E-state index is -0.780. The Labute approximate surface area is 202 Å². The van der Waals surface area contributed by atoms with Gasteiger partial charge in [-0.3, -0.25) is 9.36 Å². The predicted octanol–water partition coefficient (Wildman–Crippen LogP) is 5.09. The van der Waals surface area contributed by atoms with E-state index < -0.39 is 17.6 Å². The van der Waals surface area contributed by atoms with Gasteiger partial charge >= 0.3 is 5.97 Å². The van der Waals surface area contributed by atoms with Crippen LogP contribution in [0.2, 0.25) is 10.2 Å². The van der Waals surface area contributed by atoms with E-state index in [4.69, 9.17) is 32.7 Å². The zero-order valence-corrected chi connectivity index (χ0v) is 20.6. The maximum atomic E-state index is 13.2. The second-order valence-electron chi connectivity index (χ2n) is 8.49. The number of aromatic nitrogens is 4. The molecule has 0 fully saturated rings. The average molecular weight is 493 g/mol. The number of pyridine rings is 1. The number of hydrogen-bond acceptors (Lipinski definition) is 6. The van der Waals surface area contributed by atoms with Crippen LogP contribution in [-0.2, 0) is 9.53 Å². The fourth-order valence-electron chi connectivity index (χ4n) is 3.44. The number of esters is 1. The SMILES string of the molecule is CCCC(C(=O)OC(C)(C)C)n1cc(OC)c(-c2cc(Cl)ccc2-n2cc(Cl)nn2)cc1=O. The second kappa shape index (κ2) is 9.97. The molecule has 33 heavy (non-hydrogen) atoms. The zero-order chi connectivity index (χ0) is 24.3. The first-order chi connectivity index (χ1) is 15.5. The molecular weight excluding hydrogens is 467 g/mol.